The van der Waals surface area contributed by atoms with Crippen molar-refractivity contribution in [2.24, 2.45) is 16.3 Å². The van der Waals surface area contributed by atoms with Gasteiger partial charge < -0.3 is 25.1 Å². The third-order valence-electron chi connectivity index (χ3n) is 6.89. The molecule has 0 spiro atoms. The van der Waals surface area contributed by atoms with Gasteiger partial charge in [0.15, 0.2) is 0 Å². The molecule has 2 aromatic carbocycles. The van der Waals surface area contributed by atoms with Crippen LogP contribution in [-0.2, 0) is 11.4 Å². The molecule has 3 aromatic rings. The summed E-state index contributed by atoms with van der Waals surface area (Å²) in [6.45, 7) is 3.35. The van der Waals surface area contributed by atoms with E-state index in [4.69, 9.17) is 10.6 Å². The molecule has 2 aliphatic rings. The number of pyridine rings is 1. The van der Waals surface area contributed by atoms with Gasteiger partial charge in [0.05, 0.1) is 23.5 Å². The maximum absolute atomic E-state index is 15.3. The number of benzene rings is 2. The number of halogens is 1. The third-order valence-corrected chi connectivity index (χ3v) is 6.89. The summed E-state index contributed by atoms with van der Waals surface area (Å²) >= 11 is 0. The topological polar surface area (TPSA) is 110 Å². The van der Waals surface area contributed by atoms with E-state index in [2.05, 4.69) is 5.16 Å². The van der Waals surface area contributed by atoms with Crippen LogP contribution in [-0.4, -0.2) is 41.0 Å². The van der Waals surface area contributed by atoms with Crippen molar-refractivity contribution in [2.45, 2.75) is 32.4 Å². The summed E-state index contributed by atoms with van der Waals surface area (Å²) < 4.78 is 17.1. The molecule has 3 N–H and O–H groups in total. The van der Waals surface area contributed by atoms with Crippen LogP contribution in [0.15, 0.2) is 58.6 Å². The molecule has 182 valence electrons. The predicted molar refractivity (Wildman–Crippen MR) is 131 cm³/mol. The monoisotopic (exact) mass is 478 g/mol. The number of carboxylic acids is 1. The number of nitrogens with two attached hydrogens (primary N) is 1. The largest absolute Gasteiger partial charge is 0.477 e. The molecule has 1 aliphatic heterocycles. The highest BCUT2D eigenvalue weighted by molar-refractivity contribution is 5.98. The number of carbonyl (C=O) groups is 1. The van der Waals surface area contributed by atoms with Gasteiger partial charge in [-0.2, -0.15) is 0 Å². The van der Waals surface area contributed by atoms with E-state index in [9.17, 15) is 14.7 Å². The van der Waals surface area contributed by atoms with Crippen molar-refractivity contribution in [1.82, 2.24) is 4.57 Å². The average molecular weight is 479 g/mol. The van der Waals surface area contributed by atoms with E-state index in [-0.39, 0.29) is 17.0 Å². The Bertz CT molecular complexity index is 1380. The molecule has 1 saturated heterocycles. The molecule has 8 nitrogen and oxygen atoms in total. The molecule has 35 heavy (non-hydrogen) atoms. The maximum atomic E-state index is 15.3. The molecule has 2 fully saturated rings. The second-order valence-electron chi connectivity index (χ2n) is 9.55. The molecule has 0 radical (unpaired) electrons. The summed E-state index contributed by atoms with van der Waals surface area (Å²) in [5.41, 5.74) is 7.10. The first kappa shape index (κ1) is 23.0. The van der Waals surface area contributed by atoms with E-state index in [0.29, 0.717) is 37.4 Å². The first-order chi connectivity index (χ1) is 16.8. The maximum Gasteiger partial charge on any atom is 0.341 e. The zero-order valence-electron chi connectivity index (χ0n) is 19.4. The first-order valence-electron chi connectivity index (χ1n) is 11.6. The van der Waals surface area contributed by atoms with Crippen LogP contribution in [0.2, 0.25) is 0 Å². The second kappa shape index (κ2) is 8.81. The van der Waals surface area contributed by atoms with Gasteiger partial charge in [-0.25, -0.2) is 9.18 Å². The number of rotatable bonds is 7. The molecule has 2 heterocycles. The van der Waals surface area contributed by atoms with E-state index < -0.39 is 22.6 Å². The van der Waals surface area contributed by atoms with Gasteiger partial charge in [-0.05, 0) is 30.5 Å². The van der Waals surface area contributed by atoms with E-state index in [1.807, 2.05) is 42.2 Å². The van der Waals surface area contributed by atoms with Gasteiger partial charge in [-0.3, -0.25) is 4.79 Å². The molecular formula is C26H27FN4O4. The van der Waals surface area contributed by atoms with Crippen LogP contribution in [0.3, 0.4) is 0 Å². The Morgan fingerprint density at radius 3 is 2.69 bits per heavy atom. The van der Waals surface area contributed by atoms with Gasteiger partial charge in [0, 0.05) is 36.1 Å². The number of carboxylic acid groups (broad SMARTS) is 1. The van der Waals surface area contributed by atoms with Crippen molar-refractivity contribution in [3.05, 3.63) is 75.8 Å². The predicted octanol–water partition coefficient (Wildman–Crippen LogP) is 3.53. The number of aromatic carboxylic acids is 1. The number of hydrogen-bond donors (Lipinski definition) is 2. The SMILES string of the molecule is CC1(CN)CN(c2cc3c(cc2F)c(=O)c(C(=O)O)cn3C2CC2)CC1=NOCc1ccccc1. The van der Waals surface area contributed by atoms with Gasteiger partial charge >= 0.3 is 5.97 Å². The third kappa shape index (κ3) is 4.27. The van der Waals surface area contributed by atoms with E-state index in [1.165, 1.54) is 6.20 Å². The zero-order chi connectivity index (χ0) is 24.7. The Morgan fingerprint density at radius 1 is 1.29 bits per heavy atom. The summed E-state index contributed by atoms with van der Waals surface area (Å²) in [7, 11) is 0. The summed E-state index contributed by atoms with van der Waals surface area (Å²) in [5.74, 6) is -1.91. The smallest absolute Gasteiger partial charge is 0.341 e. The van der Waals surface area contributed by atoms with E-state index in [1.54, 1.807) is 10.6 Å². The number of oxime groups is 1. The average Bonchev–Trinajstić information content (AvgIpc) is 3.63. The van der Waals surface area contributed by atoms with E-state index in [0.717, 1.165) is 30.2 Å². The number of aromatic nitrogens is 1. The van der Waals surface area contributed by atoms with Crippen LogP contribution in [0.5, 0.6) is 0 Å². The molecule has 5 rings (SSSR count). The van der Waals surface area contributed by atoms with Crippen LogP contribution in [0.1, 0.15) is 41.7 Å². The van der Waals surface area contributed by atoms with Gasteiger partial charge in [-0.1, -0.05) is 42.4 Å². The molecule has 1 saturated carbocycles. The van der Waals surface area contributed by atoms with Crippen molar-refractivity contribution in [3.63, 3.8) is 0 Å². The Labute approximate surface area is 201 Å². The summed E-state index contributed by atoms with van der Waals surface area (Å²) in [4.78, 5) is 31.8. The summed E-state index contributed by atoms with van der Waals surface area (Å²) in [5, 5.41) is 13.9. The van der Waals surface area contributed by atoms with Gasteiger partial charge in [0.1, 0.15) is 18.0 Å². The molecular weight excluding hydrogens is 451 g/mol. The number of anilines is 1. The molecule has 1 aliphatic carbocycles. The van der Waals surface area contributed by atoms with Gasteiger partial charge in [0.25, 0.3) is 0 Å². The lowest BCUT2D eigenvalue weighted by molar-refractivity contribution is 0.0695. The lowest BCUT2D eigenvalue weighted by Crippen LogP contribution is -2.36. The summed E-state index contributed by atoms with van der Waals surface area (Å²) in [6, 6.07) is 12.6. The normalized spacial score (nSPS) is 21.1. The molecule has 1 atom stereocenters. The molecule has 1 aromatic heterocycles. The van der Waals surface area contributed by atoms with Crippen LogP contribution in [0.25, 0.3) is 10.9 Å². The van der Waals surface area contributed by atoms with Gasteiger partial charge in [-0.15, -0.1) is 0 Å². The van der Waals surface area contributed by atoms with Crippen LogP contribution in [0, 0.1) is 11.2 Å². The summed E-state index contributed by atoms with van der Waals surface area (Å²) in [6.07, 6.45) is 3.15. The number of nitrogens with zero attached hydrogens (tertiary/aromatic N) is 3. The molecule has 0 bridgehead atoms. The quantitative estimate of drug-likeness (QED) is 0.503. The Balaban J connectivity index is 1.50. The fourth-order valence-corrected chi connectivity index (χ4v) is 4.60. The fourth-order valence-electron chi connectivity index (χ4n) is 4.60. The second-order valence-corrected chi connectivity index (χ2v) is 9.55. The highest BCUT2D eigenvalue weighted by Crippen LogP contribution is 2.39. The minimum absolute atomic E-state index is 0.0684. The number of fused-ring (bicyclic) bond motifs is 1. The Morgan fingerprint density at radius 2 is 2.03 bits per heavy atom. The van der Waals surface area contributed by atoms with Crippen molar-refractivity contribution >= 4 is 28.3 Å². The lowest BCUT2D eigenvalue weighted by atomic mass is 9.88. The Kier molecular flexibility index (Phi) is 5.80. The molecule has 9 heteroatoms. The van der Waals surface area contributed by atoms with Crippen LogP contribution in [0.4, 0.5) is 10.1 Å². The Hall–Kier alpha value is -3.72. The fraction of sp³-hybridized carbons (Fsp3) is 0.346. The minimum atomic E-state index is -1.31. The van der Waals surface area contributed by atoms with Crippen molar-refractivity contribution in [1.29, 1.82) is 0 Å². The minimum Gasteiger partial charge on any atom is -0.477 e. The molecule has 1 unspecified atom stereocenters. The first-order valence-corrected chi connectivity index (χ1v) is 11.6. The highest BCUT2D eigenvalue weighted by Gasteiger charge is 2.41. The standard InChI is InChI=1S/C26H27FN4O4/c1-26(14-28)15-30(12-23(26)29-35-13-16-5-3-2-4-6-16)22-10-21-18(9-20(22)27)24(32)19(25(33)34)11-31(21)17-7-8-17/h2-6,9-11,17H,7-8,12-15,28H2,1H3,(H,33,34). The lowest BCUT2D eigenvalue weighted by Gasteiger charge is -2.24. The van der Waals surface area contributed by atoms with E-state index >= 15 is 4.39 Å². The van der Waals surface area contributed by atoms with Gasteiger partial charge in [0.2, 0.25) is 5.43 Å². The van der Waals surface area contributed by atoms with Crippen LogP contribution < -0.4 is 16.1 Å². The van der Waals surface area contributed by atoms with Crippen molar-refractivity contribution < 1.29 is 19.1 Å². The van der Waals surface area contributed by atoms with Crippen molar-refractivity contribution in [3.8, 4) is 0 Å². The van der Waals surface area contributed by atoms with Crippen molar-refractivity contribution in [2.75, 3.05) is 24.5 Å². The van der Waals surface area contributed by atoms with Crippen LogP contribution >= 0.6 is 0 Å². The molecule has 0 amide bonds. The number of hydrogen-bond acceptors (Lipinski definition) is 6. The zero-order valence-corrected chi connectivity index (χ0v) is 19.4. The highest BCUT2D eigenvalue weighted by atomic mass is 19.1.